The summed E-state index contributed by atoms with van der Waals surface area (Å²) in [5.74, 6) is -0.221. The molecular weight excluding hydrogens is 480 g/mol. The SMILES string of the molecule is O=C1/C(=N\Nc2nc3ccc(O)cc3s2)C(c2ccccc2)=NN1c1nc(-c2ccccc2)cs1. The van der Waals surface area contributed by atoms with Crippen LogP contribution in [-0.4, -0.2) is 32.4 Å². The summed E-state index contributed by atoms with van der Waals surface area (Å²) >= 11 is 2.67. The second-order valence-electron chi connectivity index (χ2n) is 7.56. The summed E-state index contributed by atoms with van der Waals surface area (Å²) in [4.78, 5) is 22.5. The first-order valence-electron chi connectivity index (χ1n) is 10.6. The van der Waals surface area contributed by atoms with Crippen LogP contribution in [0.4, 0.5) is 10.3 Å². The van der Waals surface area contributed by atoms with Crippen molar-refractivity contribution in [3.8, 4) is 17.0 Å². The summed E-state index contributed by atoms with van der Waals surface area (Å²) in [7, 11) is 0. The summed E-state index contributed by atoms with van der Waals surface area (Å²) in [6.07, 6.45) is 0. The molecule has 1 aliphatic rings. The number of phenols is 1. The van der Waals surface area contributed by atoms with Crippen LogP contribution >= 0.6 is 22.7 Å². The van der Waals surface area contributed by atoms with Crippen molar-refractivity contribution in [2.24, 2.45) is 10.2 Å². The van der Waals surface area contributed by atoms with Crippen molar-refractivity contribution in [1.82, 2.24) is 9.97 Å². The van der Waals surface area contributed by atoms with Gasteiger partial charge in [0, 0.05) is 16.5 Å². The van der Waals surface area contributed by atoms with Crippen LogP contribution in [0, 0.1) is 0 Å². The largest absolute Gasteiger partial charge is 0.508 e. The highest BCUT2D eigenvalue weighted by Gasteiger charge is 2.35. The van der Waals surface area contributed by atoms with Gasteiger partial charge in [-0.2, -0.15) is 15.2 Å². The summed E-state index contributed by atoms with van der Waals surface area (Å²) in [5.41, 5.74) is 6.73. The summed E-state index contributed by atoms with van der Waals surface area (Å²) in [6, 6.07) is 24.1. The Labute approximate surface area is 207 Å². The van der Waals surface area contributed by atoms with Gasteiger partial charge >= 0.3 is 5.91 Å². The number of benzene rings is 3. The number of hydrogen-bond acceptors (Lipinski definition) is 9. The quantitative estimate of drug-likeness (QED) is 0.320. The number of nitrogens with zero attached hydrogens (tertiary/aromatic N) is 5. The van der Waals surface area contributed by atoms with Crippen LogP contribution < -0.4 is 10.4 Å². The zero-order valence-corrected chi connectivity index (χ0v) is 19.6. The molecule has 0 fully saturated rings. The maximum atomic E-state index is 13.4. The van der Waals surface area contributed by atoms with Crippen molar-refractivity contribution in [2.75, 3.05) is 10.4 Å². The van der Waals surface area contributed by atoms with E-state index in [1.54, 1.807) is 18.2 Å². The molecule has 5 aromatic rings. The van der Waals surface area contributed by atoms with E-state index in [1.807, 2.05) is 66.0 Å². The van der Waals surface area contributed by atoms with E-state index in [-0.39, 0.29) is 17.4 Å². The van der Waals surface area contributed by atoms with Crippen LogP contribution in [0.15, 0.2) is 94.4 Å². The van der Waals surface area contributed by atoms with E-state index < -0.39 is 0 Å². The Hall–Kier alpha value is -4.41. The third-order valence-electron chi connectivity index (χ3n) is 5.24. The standard InChI is InChI=1S/C25H16N6O2S2/c32-17-11-12-18-20(13-17)35-24(26-18)29-28-22-21(16-9-5-2-6-10-16)30-31(23(22)33)25-27-19(14-34-25)15-7-3-1-4-8-15/h1-14,32H,(H,26,29)/b28-22-. The molecule has 0 saturated carbocycles. The number of fused-ring (bicyclic) bond motifs is 1. The Balaban J connectivity index is 1.35. The smallest absolute Gasteiger partial charge is 0.303 e. The summed E-state index contributed by atoms with van der Waals surface area (Å²) in [6.45, 7) is 0. The Morgan fingerprint density at radius 1 is 0.914 bits per heavy atom. The van der Waals surface area contributed by atoms with Gasteiger partial charge < -0.3 is 5.11 Å². The predicted molar refractivity (Wildman–Crippen MR) is 140 cm³/mol. The molecule has 0 atom stereocenters. The minimum Gasteiger partial charge on any atom is -0.508 e. The van der Waals surface area contributed by atoms with E-state index in [1.165, 1.54) is 27.7 Å². The molecule has 35 heavy (non-hydrogen) atoms. The second kappa shape index (κ2) is 8.75. The monoisotopic (exact) mass is 496 g/mol. The molecule has 0 spiro atoms. The molecule has 6 rings (SSSR count). The fourth-order valence-electron chi connectivity index (χ4n) is 3.58. The number of aromatic hydroxyl groups is 1. The summed E-state index contributed by atoms with van der Waals surface area (Å²) < 4.78 is 0.806. The van der Waals surface area contributed by atoms with Crippen LogP contribution in [0.25, 0.3) is 21.5 Å². The first kappa shape index (κ1) is 21.1. The van der Waals surface area contributed by atoms with E-state index in [0.29, 0.717) is 16.0 Å². The number of phenolic OH excluding ortho intramolecular Hbond substituents is 1. The fraction of sp³-hybridized carbons (Fsp3) is 0. The first-order chi connectivity index (χ1) is 17.2. The average Bonchev–Trinajstić information content (AvgIpc) is 3.61. The number of thiazole rings is 2. The average molecular weight is 497 g/mol. The van der Waals surface area contributed by atoms with E-state index >= 15 is 0 Å². The number of hydrogen-bond donors (Lipinski definition) is 2. The molecule has 0 radical (unpaired) electrons. The summed E-state index contributed by atoms with van der Waals surface area (Å²) in [5, 5.41) is 22.8. The van der Waals surface area contributed by atoms with Crippen molar-refractivity contribution < 1.29 is 9.90 Å². The second-order valence-corrected chi connectivity index (χ2v) is 9.42. The predicted octanol–water partition coefficient (Wildman–Crippen LogP) is 5.34. The number of carbonyl (C=O) groups excluding carboxylic acids is 1. The lowest BCUT2D eigenvalue weighted by Crippen LogP contribution is -2.28. The normalized spacial score (nSPS) is 14.6. The molecule has 10 heteroatoms. The molecule has 2 N–H and O–H groups in total. The van der Waals surface area contributed by atoms with E-state index in [2.05, 4.69) is 25.6 Å². The molecule has 3 heterocycles. The highest BCUT2D eigenvalue weighted by atomic mass is 32.1. The van der Waals surface area contributed by atoms with Crippen molar-refractivity contribution in [3.63, 3.8) is 0 Å². The number of nitrogens with one attached hydrogen (secondary N) is 1. The molecule has 2 aromatic heterocycles. The van der Waals surface area contributed by atoms with Gasteiger partial charge in [0.05, 0.1) is 15.9 Å². The number of hydrazone groups is 2. The minimum absolute atomic E-state index is 0.162. The molecular formula is C25H16N6O2S2. The highest BCUT2D eigenvalue weighted by molar-refractivity contribution is 7.22. The number of aromatic nitrogens is 2. The number of anilines is 2. The minimum atomic E-state index is -0.385. The van der Waals surface area contributed by atoms with Crippen molar-refractivity contribution in [2.45, 2.75) is 0 Å². The third kappa shape index (κ3) is 4.05. The zero-order chi connectivity index (χ0) is 23.8. The fourth-order valence-corrected chi connectivity index (χ4v) is 5.21. The van der Waals surface area contributed by atoms with Gasteiger partial charge in [-0.15, -0.1) is 11.3 Å². The molecule has 0 saturated heterocycles. The van der Waals surface area contributed by atoms with E-state index in [9.17, 15) is 9.90 Å². The van der Waals surface area contributed by atoms with Crippen LogP contribution in [0.5, 0.6) is 5.75 Å². The number of amides is 1. The number of rotatable bonds is 5. The van der Waals surface area contributed by atoms with Gasteiger partial charge in [-0.3, -0.25) is 10.2 Å². The first-order valence-corrected chi connectivity index (χ1v) is 12.3. The molecule has 1 amide bonds. The van der Waals surface area contributed by atoms with Crippen molar-refractivity contribution in [1.29, 1.82) is 0 Å². The van der Waals surface area contributed by atoms with Crippen LogP contribution in [0.3, 0.4) is 0 Å². The lowest BCUT2D eigenvalue weighted by atomic mass is 10.1. The molecule has 0 unspecified atom stereocenters. The Morgan fingerprint density at radius 2 is 1.66 bits per heavy atom. The van der Waals surface area contributed by atoms with E-state index in [0.717, 1.165) is 27.0 Å². The van der Waals surface area contributed by atoms with Crippen molar-refractivity contribution >= 4 is 60.5 Å². The van der Waals surface area contributed by atoms with Crippen LogP contribution in [-0.2, 0) is 4.79 Å². The maximum Gasteiger partial charge on any atom is 0.303 e. The third-order valence-corrected chi connectivity index (χ3v) is 6.98. The van der Waals surface area contributed by atoms with Gasteiger partial charge in [0.25, 0.3) is 0 Å². The van der Waals surface area contributed by atoms with Gasteiger partial charge in [-0.1, -0.05) is 72.0 Å². The van der Waals surface area contributed by atoms with Crippen molar-refractivity contribution in [3.05, 3.63) is 89.8 Å². The van der Waals surface area contributed by atoms with Gasteiger partial charge in [0.1, 0.15) is 11.5 Å². The Kier molecular flexibility index (Phi) is 5.28. The molecule has 8 nitrogen and oxygen atoms in total. The van der Waals surface area contributed by atoms with Crippen LogP contribution in [0.2, 0.25) is 0 Å². The van der Waals surface area contributed by atoms with Gasteiger partial charge in [0.2, 0.25) is 10.3 Å². The molecule has 170 valence electrons. The lowest BCUT2D eigenvalue weighted by Gasteiger charge is -2.06. The van der Waals surface area contributed by atoms with Gasteiger partial charge in [-0.25, -0.2) is 9.97 Å². The lowest BCUT2D eigenvalue weighted by molar-refractivity contribution is -0.112. The topological polar surface area (TPSA) is 103 Å². The number of carbonyl (C=O) groups is 1. The Morgan fingerprint density at radius 3 is 2.43 bits per heavy atom. The van der Waals surface area contributed by atoms with Crippen LogP contribution in [0.1, 0.15) is 5.56 Å². The van der Waals surface area contributed by atoms with Gasteiger partial charge in [0.15, 0.2) is 5.71 Å². The van der Waals surface area contributed by atoms with E-state index in [4.69, 9.17) is 0 Å². The maximum absolute atomic E-state index is 13.4. The molecule has 1 aliphatic heterocycles. The molecule has 0 bridgehead atoms. The van der Waals surface area contributed by atoms with Gasteiger partial charge in [-0.05, 0) is 18.2 Å². The Bertz CT molecular complexity index is 1610. The zero-order valence-electron chi connectivity index (χ0n) is 18.0. The molecule has 0 aliphatic carbocycles. The molecule has 3 aromatic carbocycles. The highest BCUT2D eigenvalue weighted by Crippen LogP contribution is 2.31.